The molecule has 0 bridgehead atoms. The van der Waals surface area contributed by atoms with Gasteiger partial charge in [0.1, 0.15) is 17.1 Å². The fraction of sp³-hybridized carbons (Fsp3) is 0.176. The molecule has 0 spiro atoms. The van der Waals surface area contributed by atoms with Crippen molar-refractivity contribution in [1.82, 2.24) is 15.1 Å². The summed E-state index contributed by atoms with van der Waals surface area (Å²) in [5, 5.41) is 18.9. The zero-order valence-electron chi connectivity index (χ0n) is 12.9. The SMILES string of the molecule is CC(O)(CNC(=O)c1ccc(-n2cccn2)c(F)c1)c1cccs1. The van der Waals surface area contributed by atoms with E-state index in [-0.39, 0.29) is 17.8 Å². The minimum absolute atomic E-state index is 0.0366. The van der Waals surface area contributed by atoms with E-state index in [2.05, 4.69) is 10.4 Å². The first-order valence-electron chi connectivity index (χ1n) is 7.31. The van der Waals surface area contributed by atoms with E-state index in [1.165, 1.54) is 28.2 Å². The molecule has 124 valence electrons. The first-order valence-corrected chi connectivity index (χ1v) is 8.19. The van der Waals surface area contributed by atoms with Crippen molar-refractivity contribution < 1.29 is 14.3 Å². The molecule has 2 N–H and O–H groups in total. The molecule has 3 rings (SSSR count). The van der Waals surface area contributed by atoms with Crippen LogP contribution in [0, 0.1) is 5.82 Å². The lowest BCUT2D eigenvalue weighted by molar-refractivity contribution is 0.0556. The molecule has 1 unspecified atom stereocenters. The van der Waals surface area contributed by atoms with Gasteiger partial charge in [0.05, 0.1) is 6.54 Å². The van der Waals surface area contributed by atoms with E-state index < -0.39 is 17.3 Å². The van der Waals surface area contributed by atoms with Gasteiger partial charge in [0.2, 0.25) is 0 Å². The number of hydrogen-bond donors (Lipinski definition) is 2. The number of carbonyl (C=O) groups is 1. The van der Waals surface area contributed by atoms with Crippen LogP contribution in [0.25, 0.3) is 5.69 Å². The zero-order chi connectivity index (χ0) is 17.2. The Hall–Kier alpha value is -2.51. The number of hydrogen-bond acceptors (Lipinski definition) is 4. The van der Waals surface area contributed by atoms with Crippen LogP contribution in [0.3, 0.4) is 0 Å². The second-order valence-electron chi connectivity index (χ2n) is 5.55. The number of halogens is 1. The Morgan fingerprint density at radius 3 is 2.88 bits per heavy atom. The normalized spacial score (nSPS) is 13.5. The van der Waals surface area contributed by atoms with E-state index in [0.29, 0.717) is 0 Å². The maximum Gasteiger partial charge on any atom is 0.251 e. The van der Waals surface area contributed by atoms with Gasteiger partial charge in [-0.2, -0.15) is 5.10 Å². The summed E-state index contributed by atoms with van der Waals surface area (Å²) in [5.74, 6) is -0.992. The predicted octanol–water partition coefficient (Wildman–Crippen LogP) is 2.71. The van der Waals surface area contributed by atoms with Crippen LogP contribution >= 0.6 is 11.3 Å². The topological polar surface area (TPSA) is 67.2 Å². The molecule has 24 heavy (non-hydrogen) atoms. The summed E-state index contributed by atoms with van der Waals surface area (Å²) in [7, 11) is 0. The molecule has 0 saturated heterocycles. The van der Waals surface area contributed by atoms with Crippen molar-refractivity contribution >= 4 is 17.2 Å². The third-order valence-electron chi connectivity index (χ3n) is 3.61. The van der Waals surface area contributed by atoms with Gasteiger partial charge < -0.3 is 10.4 Å². The van der Waals surface area contributed by atoms with Crippen LogP contribution in [0.5, 0.6) is 0 Å². The van der Waals surface area contributed by atoms with Gasteiger partial charge in [0.25, 0.3) is 5.91 Å². The molecule has 3 aromatic rings. The summed E-state index contributed by atoms with van der Waals surface area (Å²) < 4.78 is 15.6. The molecule has 1 amide bonds. The summed E-state index contributed by atoms with van der Waals surface area (Å²) >= 11 is 1.41. The van der Waals surface area contributed by atoms with Crippen molar-refractivity contribution in [1.29, 1.82) is 0 Å². The van der Waals surface area contributed by atoms with Crippen LogP contribution in [-0.2, 0) is 5.60 Å². The Kier molecular flexibility index (Phi) is 4.46. The molecule has 1 atom stereocenters. The third-order valence-corrected chi connectivity index (χ3v) is 4.73. The Balaban J connectivity index is 1.71. The van der Waals surface area contributed by atoms with Gasteiger partial charge in [-0.15, -0.1) is 11.3 Å². The highest BCUT2D eigenvalue weighted by molar-refractivity contribution is 7.10. The summed E-state index contributed by atoms with van der Waals surface area (Å²) in [6.07, 6.45) is 3.17. The van der Waals surface area contributed by atoms with E-state index in [1.807, 2.05) is 11.4 Å². The van der Waals surface area contributed by atoms with Crippen LogP contribution in [0.4, 0.5) is 4.39 Å². The Bertz CT molecular complexity index is 830. The molecule has 7 heteroatoms. The van der Waals surface area contributed by atoms with Crippen molar-refractivity contribution in [2.75, 3.05) is 6.54 Å². The molecule has 5 nitrogen and oxygen atoms in total. The number of aliphatic hydroxyl groups is 1. The smallest absolute Gasteiger partial charge is 0.251 e. The van der Waals surface area contributed by atoms with Crippen LogP contribution in [-0.4, -0.2) is 27.3 Å². The maximum absolute atomic E-state index is 14.2. The van der Waals surface area contributed by atoms with Gasteiger partial charge in [-0.1, -0.05) is 6.07 Å². The number of aromatic nitrogens is 2. The Labute approximate surface area is 142 Å². The number of rotatable bonds is 5. The van der Waals surface area contributed by atoms with Gasteiger partial charge in [-0.25, -0.2) is 9.07 Å². The highest BCUT2D eigenvalue weighted by atomic mass is 32.1. The lowest BCUT2D eigenvalue weighted by Gasteiger charge is -2.22. The quantitative estimate of drug-likeness (QED) is 0.747. The van der Waals surface area contributed by atoms with Gasteiger partial charge in [0, 0.05) is 22.8 Å². The van der Waals surface area contributed by atoms with E-state index in [9.17, 15) is 14.3 Å². The van der Waals surface area contributed by atoms with Gasteiger partial charge >= 0.3 is 0 Å². The maximum atomic E-state index is 14.2. The minimum Gasteiger partial charge on any atom is -0.383 e. The number of nitrogens with zero attached hydrogens (tertiary/aromatic N) is 2. The van der Waals surface area contributed by atoms with Crippen LogP contribution in [0.1, 0.15) is 22.2 Å². The summed E-state index contributed by atoms with van der Waals surface area (Å²) in [4.78, 5) is 13.0. The van der Waals surface area contributed by atoms with Gasteiger partial charge in [-0.3, -0.25) is 4.79 Å². The first-order chi connectivity index (χ1) is 11.5. The predicted molar refractivity (Wildman–Crippen MR) is 89.7 cm³/mol. The largest absolute Gasteiger partial charge is 0.383 e. The molecule has 0 radical (unpaired) electrons. The van der Waals surface area contributed by atoms with E-state index in [0.717, 1.165) is 10.9 Å². The standard InChI is InChI=1S/C17H16FN3O2S/c1-17(23,15-4-2-9-24-15)11-19-16(22)12-5-6-14(13(18)10-12)21-8-3-7-20-21/h2-10,23H,11H2,1H3,(H,19,22). The van der Waals surface area contributed by atoms with Gasteiger partial charge in [-0.05, 0) is 42.6 Å². The molecular formula is C17H16FN3O2S. The van der Waals surface area contributed by atoms with Crippen molar-refractivity contribution in [3.8, 4) is 5.69 Å². The molecule has 2 heterocycles. The molecular weight excluding hydrogens is 329 g/mol. The number of carbonyl (C=O) groups excluding carboxylic acids is 1. The zero-order valence-corrected chi connectivity index (χ0v) is 13.8. The molecule has 0 fully saturated rings. The van der Waals surface area contributed by atoms with E-state index in [1.54, 1.807) is 31.5 Å². The van der Waals surface area contributed by atoms with Crippen LogP contribution in [0.15, 0.2) is 54.2 Å². The number of nitrogens with one attached hydrogen (secondary N) is 1. The number of thiophene rings is 1. The van der Waals surface area contributed by atoms with Crippen LogP contribution in [0.2, 0.25) is 0 Å². The highest BCUT2D eigenvalue weighted by Crippen LogP contribution is 2.24. The summed E-state index contributed by atoms with van der Waals surface area (Å²) in [5.41, 5.74) is -0.718. The lowest BCUT2D eigenvalue weighted by atomic mass is 10.0. The molecule has 0 aliphatic carbocycles. The van der Waals surface area contributed by atoms with Gasteiger partial charge in [0.15, 0.2) is 0 Å². The minimum atomic E-state index is -1.17. The molecule has 0 aliphatic heterocycles. The summed E-state index contributed by atoms with van der Waals surface area (Å²) in [6, 6.07) is 9.50. The lowest BCUT2D eigenvalue weighted by Crippen LogP contribution is -2.38. The molecule has 0 aliphatic rings. The number of benzene rings is 1. The second-order valence-corrected chi connectivity index (χ2v) is 6.50. The fourth-order valence-corrected chi connectivity index (χ4v) is 3.06. The van der Waals surface area contributed by atoms with E-state index in [4.69, 9.17) is 0 Å². The highest BCUT2D eigenvalue weighted by Gasteiger charge is 2.25. The van der Waals surface area contributed by atoms with Crippen LogP contribution < -0.4 is 5.32 Å². The van der Waals surface area contributed by atoms with Crippen molar-refractivity contribution in [2.45, 2.75) is 12.5 Å². The average molecular weight is 345 g/mol. The Morgan fingerprint density at radius 1 is 1.42 bits per heavy atom. The third kappa shape index (κ3) is 3.37. The fourth-order valence-electron chi connectivity index (χ4n) is 2.27. The average Bonchev–Trinajstić information content (AvgIpc) is 3.25. The number of amides is 1. The van der Waals surface area contributed by atoms with Crippen molar-refractivity contribution in [2.24, 2.45) is 0 Å². The molecule has 0 saturated carbocycles. The second kappa shape index (κ2) is 6.54. The first kappa shape index (κ1) is 16.4. The molecule has 2 aromatic heterocycles. The van der Waals surface area contributed by atoms with Crippen molar-refractivity contribution in [3.05, 3.63) is 70.4 Å². The Morgan fingerprint density at radius 2 is 2.25 bits per heavy atom. The summed E-state index contributed by atoms with van der Waals surface area (Å²) in [6.45, 7) is 1.66. The van der Waals surface area contributed by atoms with E-state index >= 15 is 0 Å². The monoisotopic (exact) mass is 345 g/mol. The van der Waals surface area contributed by atoms with Crippen molar-refractivity contribution in [3.63, 3.8) is 0 Å². The molecule has 1 aromatic carbocycles.